The second-order valence-electron chi connectivity index (χ2n) is 6.08. The Morgan fingerprint density at radius 1 is 1.26 bits per heavy atom. The minimum atomic E-state index is -1.31. The molecule has 2 aromatic heterocycles. The fraction of sp³-hybridized carbons (Fsp3) is 0.471. The Labute approximate surface area is 135 Å². The maximum Gasteiger partial charge on any atom is 0.218 e. The van der Waals surface area contributed by atoms with Crippen molar-refractivity contribution in [2.24, 2.45) is 0 Å². The predicted octanol–water partition coefficient (Wildman–Crippen LogP) is 3.12. The van der Waals surface area contributed by atoms with E-state index in [-0.39, 0.29) is 6.10 Å². The van der Waals surface area contributed by atoms with Crippen LogP contribution in [0.5, 0.6) is 5.88 Å². The standard InChI is InChI=1S/C17H21FN4O/c1-13(2)23-16-10-15(20-12-21-16)22-8-5-17(18,6-9-22)14-4-3-7-19-11-14/h3-4,7,10-13H,5-6,8-9H2,1-2H3. The molecule has 0 radical (unpaired) electrons. The molecule has 0 aliphatic carbocycles. The van der Waals surface area contributed by atoms with Crippen molar-refractivity contribution >= 4 is 5.82 Å². The highest BCUT2D eigenvalue weighted by atomic mass is 19.1. The third-order valence-corrected chi connectivity index (χ3v) is 4.04. The zero-order valence-electron chi connectivity index (χ0n) is 13.4. The number of nitrogens with zero attached hydrogens (tertiary/aromatic N) is 4. The van der Waals surface area contributed by atoms with Crippen LogP contribution < -0.4 is 9.64 Å². The monoisotopic (exact) mass is 316 g/mol. The van der Waals surface area contributed by atoms with E-state index < -0.39 is 5.67 Å². The maximum atomic E-state index is 15.1. The van der Waals surface area contributed by atoms with Crippen molar-refractivity contribution in [3.05, 3.63) is 42.5 Å². The van der Waals surface area contributed by atoms with Crippen LogP contribution >= 0.6 is 0 Å². The molecule has 6 heteroatoms. The summed E-state index contributed by atoms with van der Waals surface area (Å²) in [6.45, 7) is 5.11. The second kappa shape index (κ2) is 6.48. The lowest BCUT2D eigenvalue weighted by atomic mass is 9.87. The molecule has 23 heavy (non-hydrogen) atoms. The molecule has 3 rings (SSSR count). The number of piperidine rings is 1. The number of rotatable bonds is 4. The molecule has 0 atom stereocenters. The average Bonchev–Trinajstić information content (AvgIpc) is 2.56. The third-order valence-electron chi connectivity index (χ3n) is 4.04. The van der Waals surface area contributed by atoms with Crippen molar-refractivity contribution in [1.82, 2.24) is 15.0 Å². The number of anilines is 1. The molecule has 0 spiro atoms. The highest BCUT2D eigenvalue weighted by Crippen LogP contribution is 2.37. The first-order valence-electron chi connectivity index (χ1n) is 7.90. The molecule has 0 unspecified atom stereocenters. The van der Waals surface area contributed by atoms with Gasteiger partial charge in [0.2, 0.25) is 5.88 Å². The summed E-state index contributed by atoms with van der Waals surface area (Å²) < 4.78 is 20.7. The number of ether oxygens (including phenoxy) is 1. The Morgan fingerprint density at radius 3 is 2.70 bits per heavy atom. The predicted molar refractivity (Wildman–Crippen MR) is 86.3 cm³/mol. The summed E-state index contributed by atoms with van der Waals surface area (Å²) in [4.78, 5) is 14.5. The summed E-state index contributed by atoms with van der Waals surface area (Å²) in [5.41, 5.74) is -0.652. The Hall–Kier alpha value is -2.24. The summed E-state index contributed by atoms with van der Waals surface area (Å²) >= 11 is 0. The van der Waals surface area contributed by atoms with Gasteiger partial charge in [0.15, 0.2) is 0 Å². The SMILES string of the molecule is CC(C)Oc1cc(N2CCC(F)(c3cccnc3)CC2)ncn1. The highest BCUT2D eigenvalue weighted by Gasteiger charge is 2.36. The van der Waals surface area contributed by atoms with Crippen LogP contribution in [0.25, 0.3) is 0 Å². The molecule has 2 aromatic rings. The Balaban J connectivity index is 1.69. The smallest absolute Gasteiger partial charge is 0.218 e. The molecule has 0 bridgehead atoms. The van der Waals surface area contributed by atoms with E-state index >= 15 is 4.39 Å². The molecule has 1 aliphatic rings. The number of hydrogen-bond acceptors (Lipinski definition) is 5. The maximum absolute atomic E-state index is 15.1. The lowest BCUT2D eigenvalue weighted by Crippen LogP contribution is -2.40. The number of alkyl halides is 1. The van der Waals surface area contributed by atoms with Gasteiger partial charge in [-0.05, 0) is 19.9 Å². The lowest BCUT2D eigenvalue weighted by Gasteiger charge is -2.37. The van der Waals surface area contributed by atoms with E-state index in [1.165, 1.54) is 6.33 Å². The summed E-state index contributed by atoms with van der Waals surface area (Å²) in [5.74, 6) is 1.33. The fourth-order valence-corrected chi connectivity index (χ4v) is 2.82. The van der Waals surface area contributed by atoms with Crippen molar-refractivity contribution < 1.29 is 9.13 Å². The lowest BCUT2D eigenvalue weighted by molar-refractivity contribution is 0.124. The van der Waals surface area contributed by atoms with Gasteiger partial charge >= 0.3 is 0 Å². The number of pyridine rings is 1. The molecular weight excluding hydrogens is 295 g/mol. The Bertz CT molecular complexity index is 642. The first kappa shape index (κ1) is 15.6. The molecule has 3 heterocycles. The van der Waals surface area contributed by atoms with Crippen molar-refractivity contribution in [2.75, 3.05) is 18.0 Å². The van der Waals surface area contributed by atoms with Gasteiger partial charge in [-0.2, -0.15) is 0 Å². The zero-order valence-corrected chi connectivity index (χ0v) is 13.4. The number of halogens is 1. The van der Waals surface area contributed by atoms with Crippen molar-refractivity contribution in [3.8, 4) is 5.88 Å². The molecule has 5 nitrogen and oxygen atoms in total. The summed E-state index contributed by atoms with van der Waals surface area (Å²) in [5, 5.41) is 0. The van der Waals surface area contributed by atoms with E-state index in [1.54, 1.807) is 18.5 Å². The first-order chi connectivity index (χ1) is 11.1. The van der Waals surface area contributed by atoms with Crippen molar-refractivity contribution in [2.45, 2.75) is 38.5 Å². The van der Waals surface area contributed by atoms with Crippen LogP contribution in [0, 0.1) is 0 Å². The van der Waals surface area contributed by atoms with E-state index in [2.05, 4.69) is 19.9 Å². The molecule has 1 saturated heterocycles. The van der Waals surface area contributed by atoms with Crippen LogP contribution in [0.2, 0.25) is 0 Å². The van der Waals surface area contributed by atoms with Gasteiger partial charge in [-0.15, -0.1) is 0 Å². The van der Waals surface area contributed by atoms with Crippen LogP contribution in [0.15, 0.2) is 36.9 Å². The molecule has 0 N–H and O–H groups in total. The van der Waals surface area contributed by atoms with Crippen molar-refractivity contribution in [3.63, 3.8) is 0 Å². The molecule has 1 aliphatic heterocycles. The molecule has 0 saturated carbocycles. The first-order valence-corrected chi connectivity index (χ1v) is 7.90. The van der Waals surface area contributed by atoms with Gasteiger partial charge in [0.25, 0.3) is 0 Å². The van der Waals surface area contributed by atoms with E-state index in [0.717, 1.165) is 5.82 Å². The second-order valence-corrected chi connectivity index (χ2v) is 6.08. The average molecular weight is 316 g/mol. The quantitative estimate of drug-likeness (QED) is 0.867. The van der Waals surface area contributed by atoms with Gasteiger partial charge in [0.05, 0.1) is 6.10 Å². The molecule has 0 amide bonds. The van der Waals surface area contributed by atoms with Crippen LogP contribution in [-0.2, 0) is 5.67 Å². The van der Waals surface area contributed by atoms with Gasteiger partial charge in [-0.25, -0.2) is 14.4 Å². The number of aromatic nitrogens is 3. The minimum Gasteiger partial charge on any atom is -0.475 e. The normalized spacial score (nSPS) is 17.3. The van der Waals surface area contributed by atoms with Gasteiger partial charge in [-0.3, -0.25) is 4.98 Å². The highest BCUT2D eigenvalue weighted by molar-refractivity contribution is 5.42. The Kier molecular flexibility index (Phi) is 4.41. The summed E-state index contributed by atoms with van der Waals surface area (Å²) in [7, 11) is 0. The van der Waals surface area contributed by atoms with E-state index in [9.17, 15) is 0 Å². The molecule has 1 fully saturated rings. The van der Waals surface area contributed by atoms with Crippen LogP contribution in [0.1, 0.15) is 32.3 Å². The minimum absolute atomic E-state index is 0.0585. The van der Waals surface area contributed by atoms with Gasteiger partial charge < -0.3 is 9.64 Å². The number of hydrogen-bond donors (Lipinski definition) is 0. The Morgan fingerprint density at radius 2 is 2.04 bits per heavy atom. The zero-order chi connectivity index (χ0) is 16.3. The summed E-state index contributed by atoms with van der Waals surface area (Å²) in [6.07, 6.45) is 5.68. The summed E-state index contributed by atoms with van der Waals surface area (Å²) in [6, 6.07) is 5.40. The molecule has 122 valence electrons. The molecular formula is C17H21FN4O. The van der Waals surface area contributed by atoms with E-state index in [4.69, 9.17) is 4.74 Å². The molecule has 0 aromatic carbocycles. The fourth-order valence-electron chi connectivity index (χ4n) is 2.82. The van der Waals surface area contributed by atoms with Gasteiger partial charge in [-0.1, -0.05) is 6.07 Å². The van der Waals surface area contributed by atoms with Crippen LogP contribution in [-0.4, -0.2) is 34.1 Å². The van der Waals surface area contributed by atoms with Gasteiger partial charge in [0.1, 0.15) is 17.8 Å². The van der Waals surface area contributed by atoms with Gasteiger partial charge in [0, 0.05) is 50.0 Å². The largest absolute Gasteiger partial charge is 0.475 e. The third kappa shape index (κ3) is 3.57. The topological polar surface area (TPSA) is 51.1 Å². The van der Waals surface area contributed by atoms with Crippen molar-refractivity contribution in [1.29, 1.82) is 0 Å². The van der Waals surface area contributed by atoms with E-state index in [1.807, 2.05) is 26.0 Å². The van der Waals surface area contributed by atoms with Crippen LogP contribution in [0.3, 0.4) is 0 Å². The van der Waals surface area contributed by atoms with Crippen LogP contribution in [0.4, 0.5) is 10.2 Å². The van der Waals surface area contributed by atoms with E-state index in [0.29, 0.717) is 37.4 Å².